The van der Waals surface area contributed by atoms with Crippen LogP contribution in [0.2, 0.25) is 0 Å². The second-order valence-electron chi connectivity index (χ2n) is 4.34. The van der Waals surface area contributed by atoms with Crippen LogP contribution in [0.3, 0.4) is 0 Å². The summed E-state index contributed by atoms with van der Waals surface area (Å²) in [7, 11) is 0. The summed E-state index contributed by atoms with van der Waals surface area (Å²) in [5.74, 6) is 0.652. The van der Waals surface area contributed by atoms with Gasteiger partial charge in [0.15, 0.2) is 0 Å². The molecule has 0 amide bonds. The lowest BCUT2D eigenvalue weighted by Gasteiger charge is -2.11. The number of hydrogen-bond donors (Lipinski definition) is 1. The molecule has 21 heavy (non-hydrogen) atoms. The first-order valence-electron chi connectivity index (χ1n) is 5.94. The number of nitro groups is 1. The zero-order valence-electron chi connectivity index (χ0n) is 11.0. The van der Waals surface area contributed by atoms with Gasteiger partial charge in [0.05, 0.1) is 11.5 Å². The van der Waals surface area contributed by atoms with Crippen LogP contribution in [0.25, 0.3) is 0 Å². The highest BCUT2D eigenvalue weighted by Crippen LogP contribution is 2.38. The number of aliphatic hydroxyl groups excluding tert-OH is 1. The Bertz CT molecular complexity index is 704. The summed E-state index contributed by atoms with van der Waals surface area (Å²) in [5.41, 5.74) is 1.26. The van der Waals surface area contributed by atoms with Gasteiger partial charge in [-0.1, -0.05) is 37.9 Å². The molecule has 0 aliphatic rings. The topological polar surface area (TPSA) is 72.6 Å². The predicted molar refractivity (Wildman–Crippen MR) is 85.7 cm³/mol. The first-order valence-corrected chi connectivity index (χ1v) is 7.52. The predicted octanol–water partition coefficient (Wildman–Crippen LogP) is 4.71. The van der Waals surface area contributed by atoms with Gasteiger partial charge in [0, 0.05) is 15.0 Å². The van der Waals surface area contributed by atoms with Crippen molar-refractivity contribution in [2.24, 2.45) is 0 Å². The van der Waals surface area contributed by atoms with Crippen molar-refractivity contribution < 1.29 is 14.8 Å². The van der Waals surface area contributed by atoms with E-state index in [0.717, 1.165) is 0 Å². The molecule has 0 aliphatic heterocycles. The first kappa shape index (κ1) is 15.9. The summed E-state index contributed by atoms with van der Waals surface area (Å²) in [6.07, 6.45) is 0. The summed E-state index contributed by atoms with van der Waals surface area (Å²) >= 11 is 6.55. The Kier molecular flexibility index (Phi) is 4.97. The summed E-state index contributed by atoms with van der Waals surface area (Å²) in [5, 5.41) is 20.3. The SMILES string of the molecule is Cc1cc(Br)cc([N+](=O)[O-])c1Oc1ccc(CO)c(Br)c1. The average molecular weight is 417 g/mol. The molecule has 2 aromatic carbocycles. The Hall–Kier alpha value is -1.44. The molecular weight excluding hydrogens is 406 g/mol. The Morgan fingerprint density at radius 1 is 1.29 bits per heavy atom. The van der Waals surface area contributed by atoms with Crippen LogP contribution in [0, 0.1) is 17.0 Å². The molecule has 0 spiro atoms. The van der Waals surface area contributed by atoms with E-state index in [1.54, 1.807) is 31.2 Å². The van der Waals surface area contributed by atoms with Gasteiger partial charge in [0.2, 0.25) is 5.75 Å². The van der Waals surface area contributed by atoms with Crippen molar-refractivity contribution in [1.29, 1.82) is 0 Å². The van der Waals surface area contributed by atoms with Gasteiger partial charge < -0.3 is 9.84 Å². The second-order valence-corrected chi connectivity index (χ2v) is 6.11. The number of ether oxygens (including phenoxy) is 1. The largest absolute Gasteiger partial charge is 0.450 e. The van der Waals surface area contributed by atoms with E-state index < -0.39 is 4.92 Å². The first-order chi connectivity index (χ1) is 9.92. The number of benzene rings is 2. The molecule has 2 rings (SSSR count). The Morgan fingerprint density at radius 3 is 2.57 bits per heavy atom. The van der Waals surface area contributed by atoms with Crippen LogP contribution < -0.4 is 4.74 Å². The van der Waals surface area contributed by atoms with Gasteiger partial charge in [-0.25, -0.2) is 0 Å². The molecule has 0 aromatic heterocycles. The highest BCUT2D eigenvalue weighted by molar-refractivity contribution is 9.10. The van der Waals surface area contributed by atoms with Gasteiger partial charge >= 0.3 is 5.69 Å². The van der Waals surface area contributed by atoms with E-state index in [4.69, 9.17) is 9.84 Å². The van der Waals surface area contributed by atoms with Crippen LogP contribution in [0.15, 0.2) is 39.3 Å². The Morgan fingerprint density at radius 2 is 2.00 bits per heavy atom. The van der Waals surface area contributed by atoms with Crippen LogP contribution in [0.5, 0.6) is 11.5 Å². The summed E-state index contributed by atoms with van der Waals surface area (Å²) in [4.78, 5) is 10.7. The van der Waals surface area contributed by atoms with Gasteiger partial charge in [-0.15, -0.1) is 0 Å². The van der Waals surface area contributed by atoms with Crippen molar-refractivity contribution in [3.8, 4) is 11.5 Å². The summed E-state index contributed by atoms with van der Waals surface area (Å²) in [6.45, 7) is 1.64. The van der Waals surface area contributed by atoms with Crippen molar-refractivity contribution in [3.63, 3.8) is 0 Å². The zero-order chi connectivity index (χ0) is 15.6. The molecular formula is C14H11Br2NO4. The lowest BCUT2D eigenvalue weighted by Crippen LogP contribution is -1.96. The third-order valence-electron chi connectivity index (χ3n) is 2.83. The minimum absolute atomic E-state index is 0.0989. The van der Waals surface area contributed by atoms with Crippen molar-refractivity contribution >= 4 is 37.5 Å². The molecule has 0 aliphatic carbocycles. The number of halogens is 2. The third kappa shape index (κ3) is 3.61. The van der Waals surface area contributed by atoms with Gasteiger partial charge in [-0.2, -0.15) is 0 Å². The van der Waals surface area contributed by atoms with Crippen LogP contribution in [0.1, 0.15) is 11.1 Å². The maximum Gasteiger partial charge on any atom is 0.312 e. The van der Waals surface area contributed by atoms with Crippen LogP contribution >= 0.6 is 31.9 Å². The molecule has 1 N–H and O–H groups in total. The van der Waals surface area contributed by atoms with Crippen LogP contribution in [0.4, 0.5) is 5.69 Å². The summed E-state index contributed by atoms with van der Waals surface area (Å²) in [6, 6.07) is 8.16. The molecule has 0 saturated heterocycles. The van der Waals surface area contributed by atoms with E-state index >= 15 is 0 Å². The van der Waals surface area contributed by atoms with Crippen LogP contribution in [-0.2, 0) is 6.61 Å². The van der Waals surface area contributed by atoms with E-state index in [1.807, 2.05) is 0 Å². The number of aryl methyl sites for hydroxylation is 1. The van der Waals surface area contributed by atoms with Gasteiger partial charge in [0.1, 0.15) is 5.75 Å². The maximum absolute atomic E-state index is 11.1. The minimum Gasteiger partial charge on any atom is -0.450 e. The average Bonchev–Trinajstić information content (AvgIpc) is 2.41. The van der Waals surface area contributed by atoms with Crippen molar-refractivity contribution in [2.45, 2.75) is 13.5 Å². The number of hydrogen-bond acceptors (Lipinski definition) is 4. The molecule has 0 bridgehead atoms. The molecule has 110 valence electrons. The van der Waals surface area contributed by atoms with Gasteiger partial charge in [0.25, 0.3) is 0 Å². The lowest BCUT2D eigenvalue weighted by molar-refractivity contribution is -0.385. The number of nitrogens with zero attached hydrogens (tertiary/aromatic N) is 1. The van der Waals surface area contributed by atoms with E-state index in [-0.39, 0.29) is 18.0 Å². The lowest BCUT2D eigenvalue weighted by atomic mass is 10.2. The van der Waals surface area contributed by atoms with Crippen molar-refractivity contribution in [1.82, 2.24) is 0 Å². The molecule has 0 atom stereocenters. The highest BCUT2D eigenvalue weighted by Gasteiger charge is 2.20. The molecule has 5 nitrogen and oxygen atoms in total. The molecule has 0 heterocycles. The van der Waals surface area contributed by atoms with E-state index in [0.29, 0.717) is 25.8 Å². The molecule has 2 aromatic rings. The number of nitro benzene ring substituents is 1. The normalized spacial score (nSPS) is 10.5. The fraction of sp³-hybridized carbons (Fsp3) is 0.143. The standard InChI is InChI=1S/C14H11Br2NO4/c1-8-4-10(15)5-13(17(19)20)14(8)21-11-3-2-9(7-18)12(16)6-11/h2-6,18H,7H2,1H3. The van der Waals surface area contributed by atoms with E-state index in [9.17, 15) is 10.1 Å². The molecule has 0 fully saturated rings. The highest BCUT2D eigenvalue weighted by atomic mass is 79.9. The fourth-order valence-electron chi connectivity index (χ4n) is 1.82. The summed E-state index contributed by atoms with van der Waals surface area (Å²) < 4.78 is 6.96. The molecule has 0 saturated carbocycles. The smallest absolute Gasteiger partial charge is 0.312 e. The third-order valence-corrected chi connectivity index (χ3v) is 4.03. The fourth-order valence-corrected chi connectivity index (χ4v) is 2.86. The molecule has 0 unspecified atom stereocenters. The maximum atomic E-state index is 11.1. The Balaban J connectivity index is 2.44. The van der Waals surface area contributed by atoms with Crippen LogP contribution in [-0.4, -0.2) is 10.0 Å². The Labute approximate surface area is 138 Å². The zero-order valence-corrected chi connectivity index (χ0v) is 14.1. The quantitative estimate of drug-likeness (QED) is 0.578. The minimum atomic E-state index is -0.482. The second kappa shape index (κ2) is 6.55. The van der Waals surface area contributed by atoms with Crippen molar-refractivity contribution in [3.05, 3.63) is 60.5 Å². The number of rotatable bonds is 4. The van der Waals surface area contributed by atoms with E-state index in [1.165, 1.54) is 6.07 Å². The number of aliphatic hydroxyl groups is 1. The van der Waals surface area contributed by atoms with E-state index in [2.05, 4.69) is 31.9 Å². The molecule has 7 heteroatoms. The monoisotopic (exact) mass is 415 g/mol. The van der Waals surface area contributed by atoms with Gasteiger partial charge in [-0.05, 0) is 36.2 Å². The van der Waals surface area contributed by atoms with Gasteiger partial charge in [-0.3, -0.25) is 10.1 Å². The molecule has 0 radical (unpaired) electrons. The van der Waals surface area contributed by atoms with Crippen molar-refractivity contribution in [2.75, 3.05) is 0 Å².